The number of likely N-dealkylation sites (N-methyl/N-ethyl adjacent to an activating group) is 1. The molecule has 1 aromatic rings. The first-order valence-electron chi connectivity index (χ1n) is 7.43. The molecule has 0 aliphatic heterocycles. The van der Waals surface area contributed by atoms with Crippen molar-refractivity contribution in [1.82, 2.24) is 5.32 Å². The lowest BCUT2D eigenvalue weighted by Gasteiger charge is -2.27. The Kier molecular flexibility index (Phi) is 7.02. The smallest absolute Gasteiger partial charge is 0.237 e. The topological polar surface area (TPSA) is 73.6 Å². The van der Waals surface area contributed by atoms with Crippen LogP contribution in [0.4, 0.5) is 0 Å². The highest BCUT2D eigenvalue weighted by Gasteiger charge is 2.29. The number of primary amides is 1. The first kappa shape index (κ1) is 17.3. The summed E-state index contributed by atoms with van der Waals surface area (Å²) in [6.45, 7) is 7.50. The molecule has 0 saturated heterocycles. The molecule has 5 nitrogen and oxygen atoms in total. The minimum absolute atomic E-state index is 0.372. The lowest BCUT2D eigenvalue weighted by molar-refractivity contribution is -0.124. The number of nitrogens with two attached hydrogens (primary N) is 1. The van der Waals surface area contributed by atoms with E-state index < -0.39 is 5.54 Å². The monoisotopic (exact) mass is 294 g/mol. The standard InChI is InChI=1S/C16H26N2O3/c1-4-11-20-13-8-6-7-9-14(13)21-12-10-16(3,15(17)19)18-5-2/h6-9,18H,4-5,10-12H2,1-3H3,(H2,17,19). The van der Waals surface area contributed by atoms with Crippen molar-refractivity contribution in [3.05, 3.63) is 24.3 Å². The fourth-order valence-corrected chi connectivity index (χ4v) is 1.95. The Bertz CT molecular complexity index is 451. The van der Waals surface area contributed by atoms with E-state index in [1.807, 2.05) is 31.2 Å². The van der Waals surface area contributed by atoms with Gasteiger partial charge in [-0.05, 0) is 32.0 Å². The fourth-order valence-electron chi connectivity index (χ4n) is 1.95. The van der Waals surface area contributed by atoms with E-state index in [9.17, 15) is 4.79 Å². The molecule has 0 aromatic heterocycles. The number of carbonyl (C=O) groups excluding carboxylic acids is 1. The largest absolute Gasteiger partial charge is 0.490 e. The molecule has 0 radical (unpaired) electrons. The molecule has 5 heteroatoms. The van der Waals surface area contributed by atoms with Gasteiger partial charge in [0.15, 0.2) is 11.5 Å². The summed E-state index contributed by atoms with van der Waals surface area (Å²) in [6.07, 6.45) is 1.44. The second-order valence-corrected chi connectivity index (χ2v) is 5.12. The lowest BCUT2D eigenvalue weighted by Crippen LogP contribution is -2.53. The normalized spacial score (nSPS) is 13.5. The Morgan fingerprint density at radius 3 is 2.24 bits per heavy atom. The van der Waals surface area contributed by atoms with Crippen LogP contribution < -0.4 is 20.5 Å². The van der Waals surface area contributed by atoms with E-state index in [1.54, 1.807) is 6.92 Å². The minimum atomic E-state index is -0.756. The molecule has 21 heavy (non-hydrogen) atoms. The third-order valence-electron chi connectivity index (χ3n) is 3.28. The quantitative estimate of drug-likeness (QED) is 0.693. The molecule has 0 aliphatic rings. The van der Waals surface area contributed by atoms with E-state index in [1.165, 1.54) is 0 Å². The highest BCUT2D eigenvalue weighted by Crippen LogP contribution is 2.27. The van der Waals surface area contributed by atoms with E-state index in [0.29, 0.717) is 31.9 Å². The van der Waals surface area contributed by atoms with Gasteiger partial charge in [-0.3, -0.25) is 4.79 Å². The average Bonchev–Trinajstić information content (AvgIpc) is 2.46. The number of hydrogen-bond donors (Lipinski definition) is 2. The molecule has 0 fully saturated rings. The van der Waals surface area contributed by atoms with Gasteiger partial charge >= 0.3 is 0 Å². The van der Waals surface area contributed by atoms with Crippen molar-refractivity contribution >= 4 is 5.91 Å². The van der Waals surface area contributed by atoms with Gasteiger partial charge in [-0.25, -0.2) is 0 Å². The van der Waals surface area contributed by atoms with Gasteiger partial charge in [0.1, 0.15) is 0 Å². The van der Waals surface area contributed by atoms with Gasteiger partial charge in [-0.15, -0.1) is 0 Å². The van der Waals surface area contributed by atoms with Crippen LogP contribution in [0.2, 0.25) is 0 Å². The van der Waals surface area contributed by atoms with Crippen LogP contribution in [-0.2, 0) is 4.79 Å². The Hall–Kier alpha value is -1.75. The van der Waals surface area contributed by atoms with Gasteiger partial charge in [0.05, 0.1) is 18.8 Å². The molecule has 0 spiro atoms. The average molecular weight is 294 g/mol. The molecular formula is C16H26N2O3. The highest BCUT2D eigenvalue weighted by molar-refractivity contribution is 5.84. The molecule has 0 heterocycles. The summed E-state index contributed by atoms with van der Waals surface area (Å²) in [5, 5.41) is 3.11. The Labute approximate surface area is 126 Å². The fraction of sp³-hybridized carbons (Fsp3) is 0.562. The molecule has 0 bridgehead atoms. The van der Waals surface area contributed by atoms with Gasteiger partial charge < -0.3 is 20.5 Å². The van der Waals surface area contributed by atoms with Crippen molar-refractivity contribution < 1.29 is 14.3 Å². The maximum atomic E-state index is 11.5. The number of ether oxygens (including phenoxy) is 2. The zero-order valence-corrected chi connectivity index (χ0v) is 13.1. The predicted octanol–water partition coefficient (Wildman–Crippen LogP) is 2.10. The van der Waals surface area contributed by atoms with Crippen LogP contribution >= 0.6 is 0 Å². The van der Waals surface area contributed by atoms with E-state index in [0.717, 1.165) is 12.2 Å². The molecule has 118 valence electrons. The number of carbonyl (C=O) groups is 1. The van der Waals surface area contributed by atoms with E-state index >= 15 is 0 Å². The first-order chi connectivity index (χ1) is 10.0. The summed E-state index contributed by atoms with van der Waals surface area (Å²) in [6, 6.07) is 7.54. The number of hydrogen-bond acceptors (Lipinski definition) is 4. The Morgan fingerprint density at radius 2 is 1.76 bits per heavy atom. The van der Waals surface area contributed by atoms with Gasteiger partial charge in [-0.2, -0.15) is 0 Å². The maximum Gasteiger partial charge on any atom is 0.237 e. The molecule has 1 aromatic carbocycles. The predicted molar refractivity (Wildman–Crippen MR) is 83.6 cm³/mol. The Balaban J connectivity index is 2.60. The number of para-hydroxylation sites is 2. The number of benzene rings is 1. The van der Waals surface area contributed by atoms with Gasteiger partial charge in [-0.1, -0.05) is 26.0 Å². The number of nitrogens with one attached hydrogen (secondary N) is 1. The second-order valence-electron chi connectivity index (χ2n) is 5.12. The minimum Gasteiger partial charge on any atom is -0.490 e. The van der Waals surface area contributed by atoms with Crippen molar-refractivity contribution in [3.63, 3.8) is 0 Å². The summed E-state index contributed by atoms with van der Waals surface area (Å²) in [5.74, 6) is 1.04. The zero-order chi connectivity index (χ0) is 15.7. The maximum absolute atomic E-state index is 11.5. The van der Waals surface area contributed by atoms with Crippen molar-refractivity contribution in [2.45, 2.75) is 39.2 Å². The van der Waals surface area contributed by atoms with Crippen LogP contribution in [0.25, 0.3) is 0 Å². The van der Waals surface area contributed by atoms with Gasteiger partial charge in [0, 0.05) is 6.42 Å². The molecule has 1 rings (SSSR count). The van der Waals surface area contributed by atoms with Crippen molar-refractivity contribution in [3.8, 4) is 11.5 Å². The van der Waals surface area contributed by atoms with Crippen molar-refractivity contribution in [2.24, 2.45) is 5.73 Å². The summed E-state index contributed by atoms with van der Waals surface area (Å²) in [4.78, 5) is 11.5. The second kappa shape index (κ2) is 8.52. The number of rotatable bonds is 10. The van der Waals surface area contributed by atoms with Gasteiger partial charge in [0.25, 0.3) is 0 Å². The van der Waals surface area contributed by atoms with Crippen molar-refractivity contribution in [2.75, 3.05) is 19.8 Å². The van der Waals surface area contributed by atoms with Crippen LogP contribution in [0.5, 0.6) is 11.5 Å². The van der Waals surface area contributed by atoms with E-state index in [4.69, 9.17) is 15.2 Å². The molecule has 1 amide bonds. The Morgan fingerprint density at radius 1 is 1.19 bits per heavy atom. The van der Waals surface area contributed by atoms with E-state index in [-0.39, 0.29) is 5.91 Å². The van der Waals surface area contributed by atoms with E-state index in [2.05, 4.69) is 12.2 Å². The molecular weight excluding hydrogens is 268 g/mol. The summed E-state index contributed by atoms with van der Waals surface area (Å²) < 4.78 is 11.4. The number of amides is 1. The molecule has 0 saturated carbocycles. The van der Waals surface area contributed by atoms with Gasteiger partial charge in [0.2, 0.25) is 5.91 Å². The zero-order valence-electron chi connectivity index (χ0n) is 13.1. The molecule has 0 aliphatic carbocycles. The van der Waals surface area contributed by atoms with Crippen LogP contribution in [0, 0.1) is 0 Å². The lowest BCUT2D eigenvalue weighted by atomic mass is 9.97. The van der Waals surface area contributed by atoms with Crippen LogP contribution in [0.3, 0.4) is 0 Å². The molecule has 1 unspecified atom stereocenters. The highest BCUT2D eigenvalue weighted by atomic mass is 16.5. The summed E-state index contributed by atoms with van der Waals surface area (Å²) >= 11 is 0. The molecule has 3 N–H and O–H groups in total. The van der Waals surface area contributed by atoms with Crippen molar-refractivity contribution in [1.29, 1.82) is 0 Å². The summed E-state index contributed by atoms with van der Waals surface area (Å²) in [7, 11) is 0. The first-order valence-corrected chi connectivity index (χ1v) is 7.43. The van der Waals surface area contributed by atoms with Crippen LogP contribution in [0.15, 0.2) is 24.3 Å². The summed E-state index contributed by atoms with van der Waals surface area (Å²) in [5.41, 5.74) is 4.69. The third-order valence-corrected chi connectivity index (χ3v) is 3.28. The SMILES string of the molecule is CCCOc1ccccc1OCCC(C)(NCC)C(N)=O. The third kappa shape index (κ3) is 5.27. The van der Waals surface area contributed by atoms with Crippen LogP contribution in [0.1, 0.15) is 33.6 Å². The van der Waals surface area contributed by atoms with Crippen LogP contribution in [-0.4, -0.2) is 31.2 Å². The molecule has 1 atom stereocenters.